The molecule has 1 aliphatic heterocycles. The van der Waals surface area contributed by atoms with Crippen LogP contribution in [-0.4, -0.2) is 38.8 Å². The zero-order valence-electron chi connectivity index (χ0n) is 10.1. The maximum absolute atomic E-state index is 11.3. The lowest BCUT2D eigenvalue weighted by molar-refractivity contribution is 0.672. The van der Waals surface area contributed by atoms with Crippen molar-refractivity contribution in [2.75, 3.05) is 34.9 Å². The molecule has 2 rings (SSSR count). The fourth-order valence-corrected chi connectivity index (χ4v) is 2.96. The second-order valence-corrected chi connectivity index (χ2v) is 5.74. The Hall–Kier alpha value is -1.21. The Labute approximate surface area is 103 Å². The van der Waals surface area contributed by atoms with Crippen LogP contribution >= 0.6 is 0 Å². The Morgan fingerprint density at radius 2 is 1.94 bits per heavy atom. The number of anilines is 2. The van der Waals surface area contributed by atoms with Gasteiger partial charge in [-0.1, -0.05) is 0 Å². The summed E-state index contributed by atoms with van der Waals surface area (Å²) in [4.78, 5) is 10.8. The van der Waals surface area contributed by atoms with Gasteiger partial charge in [-0.25, -0.2) is 15.8 Å². The van der Waals surface area contributed by atoms with Crippen LogP contribution in [0.1, 0.15) is 11.4 Å². The first kappa shape index (κ1) is 12.3. The minimum atomic E-state index is -0.679. The van der Waals surface area contributed by atoms with E-state index in [1.54, 1.807) is 0 Å². The third kappa shape index (κ3) is 2.55. The first-order valence-electron chi connectivity index (χ1n) is 5.53. The molecule has 2 heterocycles. The van der Waals surface area contributed by atoms with Crippen molar-refractivity contribution in [1.82, 2.24) is 9.97 Å². The van der Waals surface area contributed by atoms with E-state index in [4.69, 9.17) is 5.84 Å². The van der Waals surface area contributed by atoms with E-state index in [-0.39, 0.29) is 0 Å². The van der Waals surface area contributed by atoms with Crippen LogP contribution in [-0.2, 0) is 10.8 Å². The van der Waals surface area contributed by atoms with Crippen molar-refractivity contribution in [3.63, 3.8) is 0 Å². The molecule has 0 aromatic carbocycles. The lowest BCUT2D eigenvalue weighted by Crippen LogP contribution is -2.39. The summed E-state index contributed by atoms with van der Waals surface area (Å²) in [5.41, 5.74) is 3.52. The minimum absolute atomic E-state index is 0.652. The highest BCUT2D eigenvalue weighted by atomic mass is 32.2. The molecule has 94 valence electrons. The van der Waals surface area contributed by atoms with Crippen molar-refractivity contribution in [1.29, 1.82) is 0 Å². The van der Waals surface area contributed by atoms with Gasteiger partial charge in [0.2, 0.25) is 0 Å². The molecule has 0 aliphatic carbocycles. The highest BCUT2D eigenvalue weighted by Gasteiger charge is 2.20. The van der Waals surface area contributed by atoms with Gasteiger partial charge in [0.15, 0.2) is 0 Å². The second kappa shape index (κ2) is 4.97. The number of nitrogens with two attached hydrogens (primary N) is 1. The van der Waals surface area contributed by atoms with Crippen LogP contribution in [0.5, 0.6) is 0 Å². The molecule has 1 saturated heterocycles. The fourth-order valence-electron chi connectivity index (χ4n) is 1.91. The van der Waals surface area contributed by atoms with Crippen LogP contribution < -0.4 is 16.2 Å². The standard InChI is InChI=1S/C10H17N5OS/c1-7-9(14-11)12-8(2)13-10(7)15-3-5-17(16)6-4-15/h3-6,11H2,1-2H3,(H,12,13,14). The molecule has 0 amide bonds. The summed E-state index contributed by atoms with van der Waals surface area (Å²) in [5, 5.41) is 0. The SMILES string of the molecule is Cc1nc(NN)c(C)c(N2CCS(=O)CC2)n1. The molecule has 0 atom stereocenters. The molecule has 17 heavy (non-hydrogen) atoms. The molecule has 1 aromatic rings. The highest BCUT2D eigenvalue weighted by Crippen LogP contribution is 2.23. The van der Waals surface area contributed by atoms with E-state index in [1.807, 2.05) is 13.8 Å². The van der Waals surface area contributed by atoms with Gasteiger partial charge in [-0.3, -0.25) is 4.21 Å². The van der Waals surface area contributed by atoms with E-state index in [2.05, 4.69) is 20.3 Å². The Balaban J connectivity index is 2.31. The first-order valence-corrected chi connectivity index (χ1v) is 7.02. The topological polar surface area (TPSA) is 84.1 Å². The van der Waals surface area contributed by atoms with Gasteiger partial charge in [-0.05, 0) is 13.8 Å². The van der Waals surface area contributed by atoms with Gasteiger partial charge in [0.05, 0.1) is 0 Å². The molecule has 3 N–H and O–H groups in total. The number of hydrogen-bond acceptors (Lipinski definition) is 6. The maximum atomic E-state index is 11.3. The van der Waals surface area contributed by atoms with E-state index in [1.165, 1.54) is 0 Å². The molecule has 1 aliphatic rings. The Morgan fingerprint density at radius 1 is 1.29 bits per heavy atom. The van der Waals surface area contributed by atoms with Crippen molar-refractivity contribution in [2.24, 2.45) is 5.84 Å². The Bertz CT molecular complexity index is 441. The molecule has 0 radical (unpaired) electrons. The zero-order chi connectivity index (χ0) is 12.4. The van der Waals surface area contributed by atoms with Crippen LogP contribution in [0.15, 0.2) is 0 Å². The molecule has 1 fully saturated rings. The van der Waals surface area contributed by atoms with Gasteiger partial charge < -0.3 is 10.3 Å². The number of nitrogens with one attached hydrogen (secondary N) is 1. The van der Waals surface area contributed by atoms with Gasteiger partial charge >= 0.3 is 0 Å². The predicted octanol–water partition coefficient (Wildman–Crippen LogP) is -0.0523. The second-order valence-electron chi connectivity index (χ2n) is 4.05. The van der Waals surface area contributed by atoms with Crippen molar-refractivity contribution in [2.45, 2.75) is 13.8 Å². The Morgan fingerprint density at radius 3 is 2.53 bits per heavy atom. The summed E-state index contributed by atoms with van der Waals surface area (Å²) in [6.45, 7) is 5.32. The minimum Gasteiger partial charge on any atom is -0.354 e. The number of nitrogens with zero attached hydrogens (tertiary/aromatic N) is 3. The maximum Gasteiger partial charge on any atom is 0.148 e. The average molecular weight is 255 g/mol. The molecule has 0 spiro atoms. The van der Waals surface area contributed by atoms with Gasteiger partial charge in [-0.2, -0.15) is 0 Å². The van der Waals surface area contributed by atoms with Crippen molar-refractivity contribution in [3.8, 4) is 0 Å². The summed E-state index contributed by atoms with van der Waals surface area (Å²) >= 11 is 0. The molecular weight excluding hydrogens is 238 g/mol. The summed E-state index contributed by atoms with van der Waals surface area (Å²) < 4.78 is 11.3. The Kier molecular flexibility index (Phi) is 3.58. The number of rotatable bonds is 2. The summed E-state index contributed by atoms with van der Waals surface area (Å²) in [6, 6.07) is 0. The van der Waals surface area contributed by atoms with Gasteiger partial charge in [0.1, 0.15) is 17.5 Å². The molecule has 0 unspecified atom stereocenters. The van der Waals surface area contributed by atoms with Crippen molar-refractivity contribution < 1.29 is 4.21 Å². The fraction of sp³-hybridized carbons (Fsp3) is 0.600. The molecule has 0 saturated carbocycles. The molecule has 0 bridgehead atoms. The van der Waals surface area contributed by atoms with Crippen LogP contribution in [0.3, 0.4) is 0 Å². The van der Waals surface area contributed by atoms with Gasteiger partial charge in [-0.15, -0.1) is 0 Å². The first-order chi connectivity index (χ1) is 8.11. The highest BCUT2D eigenvalue weighted by molar-refractivity contribution is 7.85. The van der Waals surface area contributed by atoms with Crippen molar-refractivity contribution in [3.05, 3.63) is 11.4 Å². The molecule has 1 aromatic heterocycles. The lowest BCUT2D eigenvalue weighted by atomic mass is 10.2. The average Bonchev–Trinajstić information content (AvgIpc) is 2.33. The van der Waals surface area contributed by atoms with Crippen LogP contribution in [0.4, 0.5) is 11.6 Å². The van der Waals surface area contributed by atoms with E-state index < -0.39 is 10.8 Å². The lowest BCUT2D eigenvalue weighted by Gasteiger charge is -2.29. The third-order valence-corrected chi connectivity index (χ3v) is 4.12. The van der Waals surface area contributed by atoms with Crippen LogP contribution in [0.25, 0.3) is 0 Å². The number of nitrogen functional groups attached to an aromatic ring is 1. The monoisotopic (exact) mass is 255 g/mol. The van der Waals surface area contributed by atoms with E-state index >= 15 is 0 Å². The van der Waals surface area contributed by atoms with Crippen LogP contribution in [0, 0.1) is 13.8 Å². The zero-order valence-corrected chi connectivity index (χ0v) is 10.9. The quantitative estimate of drug-likeness (QED) is 0.569. The van der Waals surface area contributed by atoms with Gasteiger partial charge in [0.25, 0.3) is 0 Å². The smallest absolute Gasteiger partial charge is 0.148 e. The normalized spacial score (nSPS) is 17.2. The number of hydrazine groups is 1. The van der Waals surface area contributed by atoms with E-state index in [0.717, 1.165) is 24.5 Å². The number of hydrogen-bond donors (Lipinski definition) is 2. The van der Waals surface area contributed by atoms with E-state index in [9.17, 15) is 4.21 Å². The largest absolute Gasteiger partial charge is 0.354 e. The predicted molar refractivity (Wildman–Crippen MR) is 69.4 cm³/mol. The molecule has 7 heteroatoms. The molecule has 6 nitrogen and oxygen atoms in total. The summed E-state index contributed by atoms with van der Waals surface area (Å²) in [6.07, 6.45) is 0. The molecular formula is C10H17N5OS. The number of aryl methyl sites for hydroxylation is 1. The van der Waals surface area contributed by atoms with Crippen LogP contribution in [0.2, 0.25) is 0 Å². The van der Waals surface area contributed by atoms with E-state index in [0.29, 0.717) is 23.1 Å². The summed E-state index contributed by atoms with van der Waals surface area (Å²) in [7, 11) is -0.679. The number of aromatic nitrogens is 2. The summed E-state index contributed by atoms with van der Waals surface area (Å²) in [5.74, 6) is 9.07. The third-order valence-electron chi connectivity index (χ3n) is 2.85. The van der Waals surface area contributed by atoms with Gasteiger partial charge in [0, 0.05) is 41.0 Å². The van der Waals surface area contributed by atoms with Crippen molar-refractivity contribution >= 4 is 22.4 Å².